The van der Waals surface area contributed by atoms with Gasteiger partial charge >= 0.3 is 0 Å². The lowest BCUT2D eigenvalue weighted by Crippen LogP contribution is -2.41. The minimum atomic E-state index is 0.0318. The van der Waals surface area contributed by atoms with Gasteiger partial charge in [-0.2, -0.15) is 0 Å². The quantitative estimate of drug-likeness (QED) is 0.832. The van der Waals surface area contributed by atoms with Crippen molar-refractivity contribution in [3.05, 3.63) is 29.8 Å². The summed E-state index contributed by atoms with van der Waals surface area (Å²) in [5, 5.41) is 2.93. The van der Waals surface area contributed by atoms with Crippen LogP contribution in [-0.4, -0.2) is 35.4 Å². The van der Waals surface area contributed by atoms with Gasteiger partial charge in [0.25, 0.3) is 0 Å². The molecule has 0 spiro atoms. The van der Waals surface area contributed by atoms with Crippen LogP contribution in [0.15, 0.2) is 24.3 Å². The first-order valence-corrected chi connectivity index (χ1v) is 7.33. The molecule has 1 aromatic carbocycles. The highest BCUT2D eigenvalue weighted by molar-refractivity contribution is 7.80. The molecule has 4 nitrogen and oxygen atoms in total. The first-order valence-electron chi connectivity index (χ1n) is 6.93. The number of piperidine rings is 1. The number of thiocarbonyl (C=S) groups is 1. The van der Waals surface area contributed by atoms with Gasteiger partial charge in [0.2, 0.25) is 5.91 Å². The van der Waals surface area contributed by atoms with Crippen LogP contribution >= 0.6 is 12.2 Å². The van der Waals surface area contributed by atoms with Crippen LogP contribution in [0.3, 0.4) is 0 Å². The number of carbonyl (C=O) groups is 1. The third kappa shape index (κ3) is 4.28. The number of nitrogens with zero attached hydrogens (tertiary/aromatic N) is 1. The third-order valence-electron chi connectivity index (χ3n) is 3.66. The van der Waals surface area contributed by atoms with Crippen molar-refractivity contribution in [1.29, 1.82) is 0 Å². The molecular weight excluding hydrogens is 270 g/mol. The van der Waals surface area contributed by atoms with Crippen molar-refractivity contribution in [2.75, 3.05) is 25.0 Å². The van der Waals surface area contributed by atoms with Gasteiger partial charge < -0.3 is 11.1 Å². The highest BCUT2D eigenvalue weighted by Gasteiger charge is 2.22. The van der Waals surface area contributed by atoms with Crippen molar-refractivity contribution in [3.8, 4) is 0 Å². The van der Waals surface area contributed by atoms with E-state index in [2.05, 4.69) is 10.2 Å². The predicted octanol–water partition coefficient (Wildman–Crippen LogP) is 1.93. The number of amides is 1. The zero-order chi connectivity index (χ0) is 14.5. The van der Waals surface area contributed by atoms with E-state index < -0.39 is 0 Å². The molecule has 1 aliphatic rings. The molecule has 1 amide bonds. The summed E-state index contributed by atoms with van der Waals surface area (Å²) >= 11 is 5.02. The molecule has 20 heavy (non-hydrogen) atoms. The Balaban J connectivity index is 1.80. The highest BCUT2D eigenvalue weighted by atomic mass is 32.1. The Labute approximate surface area is 125 Å². The van der Waals surface area contributed by atoms with Gasteiger partial charge in [0.15, 0.2) is 0 Å². The topological polar surface area (TPSA) is 58.4 Å². The third-order valence-corrected chi connectivity index (χ3v) is 3.99. The molecular formula is C15H21N3OS. The first-order chi connectivity index (χ1) is 9.54. The zero-order valence-electron chi connectivity index (χ0n) is 11.8. The predicted molar refractivity (Wildman–Crippen MR) is 85.8 cm³/mol. The number of benzene rings is 1. The maximum Gasteiger partial charge on any atom is 0.238 e. The number of aryl methyl sites for hydroxylation is 1. The van der Waals surface area contributed by atoms with Gasteiger partial charge in [0.05, 0.1) is 11.5 Å². The summed E-state index contributed by atoms with van der Waals surface area (Å²) in [6.07, 6.45) is 1.90. The molecule has 0 unspecified atom stereocenters. The molecule has 0 saturated carbocycles. The second-order valence-corrected chi connectivity index (χ2v) is 5.84. The fourth-order valence-corrected chi connectivity index (χ4v) is 2.74. The molecule has 0 aromatic heterocycles. The van der Waals surface area contributed by atoms with Crippen LogP contribution in [0.25, 0.3) is 0 Å². The van der Waals surface area contributed by atoms with Crippen LogP contribution in [0.1, 0.15) is 18.4 Å². The largest absolute Gasteiger partial charge is 0.393 e. The van der Waals surface area contributed by atoms with Gasteiger partial charge in [0.1, 0.15) is 0 Å². The summed E-state index contributed by atoms with van der Waals surface area (Å²) in [7, 11) is 0. The van der Waals surface area contributed by atoms with E-state index in [0.29, 0.717) is 17.5 Å². The lowest BCUT2D eigenvalue weighted by molar-refractivity contribution is -0.117. The number of likely N-dealkylation sites (tertiary alicyclic amines) is 1. The van der Waals surface area contributed by atoms with Gasteiger partial charge in [-0.15, -0.1) is 0 Å². The van der Waals surface area contributed by atoms with Crippen molar-refractivity contribution in [2.45, 2.75) is 19.8 Å². The molecule has 1 saturated heterocycles. The second kappa shape index (κ2) is 6.81. The van der Waals surface area contributed by atoms with Crippen LogP contribution in [0, 0.1) is 12.8 Å². The molecule has 108 valence electrons. The molecule has 0 bridgehead atoms. The number of carbonyl (C=O) groups excluding carboxylic acids is 1. The normalized spacial score (nSPS) is 16.9. The van der Waals surface area contributed by atoms with Gasteiger partial charge in [0, 0.05) is 11.6 Å². The molecule has 0 atom stereocenters. The zero-order valence-corrected chi connectivity index (χ0v) is 12.6. The van der Waals surface area contributed by atoms with Crippen molar-refractivity contribution in [2.24, 2.45) is 11.7 Å². The Hall–Kier alpha value is -1.46. The standard InChI is InChI=1S/C15H21N3OS/c1-11-3-2-4-13(9-11)17-14(19)10-18-7-5-12(6-8-18)15(16)20/h2-4,9,12H,5-8,10H2,1H3,(H2,16,20)(H,17,19). The molecule has 3 N–H and O–H groups in total. The maximum absolute atomic E-state index is 12.0. The lowest BCUT2D eigenvalue weighted by Gasteiger charge is -2.30. The summed E-state index contributed by atoms with van der Waals surface area (Å²) < 4.78 is 0. The highest BCUT2D eigenvalue weighted by Crippen LogP contribution is 2.17. The fraction of sp³-hybridized carbons (Fsp3) is 0.467. The average molecular weight is 291 g/mol. The van der Waals surface area contributed by atoms with Crippen molar-refractivity contribution < 1.29 is 4.79 Å². The van der Waals surface area contributed by atoms with E-state index in [-0.39, 0.29) is 5.91 Å². The number of nitrogens with one attached hydrogen (secondary N) is 1. The number of hydrogen-bond donors (Lipinski definition) is 2. The van der Waals surface area contributed by atoms with Gasteiger partial charge in [-0.3, -0.25) is 9.69 Å². The monoisotopic (exact) mass is 291 g/mol. The molecule has 2 rings (SSSR count). The van der Waals surface area contributed by atoms with Crippen LogP contribution < -0.4 is 11.1 Å². The minimum Gasteiger partial charge on any atom is -0.393 e. The average Bonchev–Trinajstić information content (AvgIpc) is 2.39. The van der Waals surface area contributed by atoms with Crippen LogP contribution in [-0.2, 0) is 4.79 Å². The number of anilines is 1. The molecule has 1 fully saturated rings. The summed E-state index contributed by atoms with van der Waals surface area (Å²) in [6, 6.07) is 7.83. The molecule has 0 aliphatic carbocycles. The van der Waals surface area contributed by atoms with Crippen molar-refractivity contribution >= 4 is 28.8 Å². The lowest BCUT2D eigenvalue weighted by atomic mass is 9.97. The van der Waals surface area contributed by atoms with Crippen LogP contribution in [0.2, 0.25) is 0 Å². The molecule has 5 heteroatoms. The van der Waals surface area contributed by atoms with Crippen LogP contribution in [0.4, 0.5) is 5.69 Å². The molecule has 1 aromatic rings. The van der Waals surface area contributed by atoms with Crippen molar-refractivity contribution in [1.82, 2.24) is 4.90 Å². The second-order valence-electron chi connectivity index (χ2n) is 5.37. The Morgan fingerprint density at radius 1 is 1.45 bits per heavy atom. The van der Waals surface area contributed by atoms with Crippen molar-refractivity contribution in [3.63, 3.8) is 0 Å². The number of nitrogens with two attached hydrogens (primary N) is 1. The Bertz CT molecular complexity index is 496. The fourth-order valence-electron chi connectivity index (χ4n) is 2.50. The van der Waals surface area contributed by atoms with Gasteiger partial charge in [-0.1, -0.05) is 24.4 Å². The maximum atomic E-state index is 12.0. The summed E-state index contributed by atoms with van der Waals surface area (Å²) in [5.74, 6) is 0.366. The van der Waals surface area contributed by atoms with E-state index >= 15 is 0 Å². The molecule has 1 aliphatic heterocycles. The van der Waals surface area contributed by atoms with E-state index in [1.807, 2.05) is 31.2 Å². The first kappa shape index (κ1) is 14.9. The SMILES string of the molecule is Cc1cccc(NC(=O)CN2CCC(C(N)=S)CC2)c1. The number of rotatable bonds is 4. The summed E-state index contributed by atoms with van der Waals surface area (Å²) in [5.41, 5.74) is 7.66. The van der Waals surface area contributed by atoms with E-state index in [9.17, 15) is 4.79 Å². The van der Waals surface area contributed by atoms with E-state index in [1.54, 1.807) is 0 Å². The molecule has 0 radical (unpaired) electrons. The van der Waals surface area contributed by atoms with Crippen LogP contribution in [0.5, 0.6) is 0 Å². The Kier molecular flexibility index (Phi) is 5.09. The Morgan fingerprint density at radius 3 is 2.75 bits per heavy atom. The van der Waals surface area contributed by atoms with E-state index in [0.717, 1.165) is 37.2 Å². The number of hydrogen-bond acceptors (Lipinski definition) is 3. The summed E-state index contributed by atoms with van der Waals surface area (Å²) in [6.45, 7) is 4.20. The van der Waals surface area contributed by atoms with E-state index in [4.69, 9.17) is 18.0 Å². The van der Waals surface area contributed by atoms with Gasteiger partial charge in [-0.05, 0) is 50.6 Å². The van der Waals surface area contributed by atoms with Gasteiger partial charge in [-0.25, -0.2) is 0 Å². The smallest absolute Gasteiger partial charge is 0.238 e. The molecule has 1 heterocycles. The van der Waals surface area contributed by atoms with E-state index in [1.165, 1.54) is 0 Å². The summed E-state index contributed by atoms with van der Waals surface area (Å²) in [4.78, 5) is 14.8. The Morgan fingerprint density at radius 2 is 2.15 bits per heavy atom. The minimum absolute atomic E-state index is 0.0318.